The van der Waals surface area contributed by atoms with Gasteiger partial charge >= 0.3 is 12.1 Å². The second-order valence-electron chi connectivity index (χ2n) is 9.94. The van der Waals surface area contributed by atoms with E-state index in [0.717, 1.165) is 36.3 Å². The second kappa shape index (κ2) is 10.3. The number of nitrogens with zero attached hydrogens (tertiary/aromatic N) is 1. The van der Waals surface area contributed by atoms with Crippen molar-refractivity contribution < 1.29 is 23.9 Å². The maximum absolute atomic E-state index is 13.7. The van der Waals surface area contributed by atoms with E-state index < -0.39 is 41.6 Å². The SMILES string of the molecule is CC(C)(C)OC(=O)CN(C(=O)OC(C)(C)C)C(=O)C(c1ccccc1)C1CCCCN1. The highest BCUT2D eigenvalue weighted by Gasteiger charge is 2.39. The zero-order valence-corrected chi connectivity index (χ0v) is 19.6. The molecule has 1 N–H and O–H groups in total. The first kappa shape index (κ1) is 24.9. The number of hydrogen-bond acceptors (Lipinski definition) is 6. The van der Waals surface area contributed by atoms with Gasteiger partial charge in [0, 0.05) is 6.04 Å². The van der Waals surface area contributed by atoms with Crippen LogP contribution in [0.25, 0.3) is 0 Å². The van der Waals surface area contributed by atoms with E-state index in [2.05, 4.69) is 5.32 Å². The lowest BCUT2D eigenvalue weighted by molar-refractivity contribution is -0.158. The predicted octanol–water partition coefficient (Wildman–Crippen LogP) is 4.02. The van der Waals surface area contributed by atoms with Crippen molar-refractivity contribution in [2.45, 2.75) is 84.0 Å². The first-order valence-electron chi connectivity index (χ1n) is 10.9. The molecule has 1 aliphatic heterocycles. The van der Waals surface area contributed by atoms with Crippen LogP contribution in [0.2, 0.25) is 0 Å². The Morgan fingerprint density at radius 3 is 2.13 bits per heavy atom. The van der Waals surface area contributed by atoms with E-state index >= 15 is 0 Å². The predicted molar refractivity (Wildman–Crippen MR) is 119 cm³/mol. The Balaban J connectivity index is 2.38. The molecule has 0 bridgehead atoms. The highest BCUT2D eigenvalue weighted by atomic mass is 16.6. The third kappa shape index (κ3) is 7.98. The Morgan fingerprint density at radius 1 is 1.00 bits per heavy atom. The topological polar surface area (TPSA) is 84.9 Å². The van der Waals surface area contributed by atoms with Gasteiger partial charge in [0.15, 0.2) is 0 Å². The van der Waals surface area contributed by atoms with Crippen LogP contribution < -0.4 is 5.32 Å². The molecule has 7 heteroatoms. The number of piperidine rings is 1. The molecule has 1 fully saturated rings. The third-order valence-electron chi connectivity index (χ3n) is 4.76. The average molecular weight is 433 g/mol. The molecule has 0 radical (unpaired) electrons. The minimum absolute atomic E-state index is 0.132. The number of nitrogens with one attached hydrogen (secondary N) is 1. The number of esters is 1. The summed E-state index contributed by atoms with van der Waals surface area (Å²) >= 11 is 0. The zero-order valence-electron chi connectivity index (χ0n) is 19.6. The summed E-state index contributed by atoms with van der Waals surface area (Å²) in [6.45, 7) is 10.7. The molecule has 1 saturated heterocycles. The van der Waals surface area contributed by atoms with Gasteiger partial charge in [-0.2, -0.15) is 0 Å². The van der Waals surface area contributed by atoms with Crippen LogP contribution in [0.1, 0.15) is 72.3 Å². The molecule has 7 nitrogen and oxygen atoms in total. The largest absolute Gasteiger partial charge is 0.459 e. The standard InChI is InChI=1S/C24H36N2O5/c1-23(2,3)30-19(27)16-26(22(29)31-24(4,5)6)21(28)20(17-12-8-7-9-13-17)18-14-10-11-15-25-18/h7-9,12-13,18,20,25H,10-11,14-16H2,1-6H3. The molecule has 2 atom stereocenters. The minimum atomic E-state index is -0.847. The van der Waals surface area contributed by atoms with Gasteiger partial charge in [-0.1, -0.05) is 36.8 Å². The van der Waals surface area contributed by atoms with Crippen molar-refractivity contribution in [2.75, 3.05) is 13.1 Å². The van der Waals surface area contributed by atoms with Crippen LogP contribution in [0, 0.1) is 0 Å². The molecule has 0 aromatic heterocycles. The molecule has 31 heavy (non-hydrogen) atoms. The maximum atomic E-state index is 13.7. The lowest BCUT2D eigenvalue weighted by atomic mass is 9.85. The summed E-state index contributed by atoms with van der Waals surface area (Å²) < 4.78 is 10.8. The van der Waals surface area contributed by atoms with E-state index in [9.17, 15) is 14.4 Å². The van der Waals surface area contributed by atoms with Gasteiger partial charge in [-0.3, -0.25) is 9.59 Å². The van der Waals surface area contributed by atoms with Crippen molar-refractivity contribution in [2.24, 2.45) is 0 Å². The fraction of sp³-hybridized carbons (Fsp3) is 0.625. The van der Waals surface area contributed by atoms with E-state index in [1.54, 1.807) is 41.5 Å². The average Bonchev–Trinajstić information content (AvgIpc) is 2.65. The Labute approximate surface area is 185 Å². The van der Waals surface area contributed by atoms with Gasteiger partial charge in [-0.25, -0.2) is 9.69 Å². The summed E-state index contributed by atoms with van der Waals surface area (Å²) in [6, 6.07) is 9.23. The summed E-state index contributed by atoms with van der Waals surface area (Å²) in [5.41, 5.74) is -0.747. The second-order valence-corrected chi connectivity index (χ2v) is 9.94. The van der Waals surface area contributed by atoms with Crippen molar-refractivity contribution in [3.05, 3.63) is 35.9 Å². The number of amides is 2. The highest BCUT2D eigenvalue weighted by Crippen LogP contribution is 2.28. The zero-order chi connectivity index (χ0) is 23.2. The van der Waals surface area contributed by atoms with Crippen LogP contribution >= 0.6 is 0 Å². The van der Waals surface area contributed by atoms with E-state index in [0.29, 0.717) is 0 Å². The minimum Gasteiger partial charge on any atom is -0.459 e. The third-order valence-corrected chi connectivity index (χ3v) is 4.76. The first-order valence-corrected chi connectivity index (χ1v) is 10.9. The summed E-state index contributed by atoms with van der Waals surface area (Å²) in [4.78, 5) is 40.2. The van der Waals surface area contributed by atoms with Crippen LogP contribution in [-0.2, 0) is 19.1 Å². The summed E-state index contributed by atoms with van der Waals surface area (Å²) in [7, 11) is 0. The summed E-state index contributed by atoms with van der Waals surface area (Å²) in [5, 5.41) is 3.42. The van der Waals surface area contributed by atoms with Gasteiger partial charge in [0.1, 0.15) is 17.7 Å². The molecule has 172 valence electrons. The van der Waals surface area contributed by atoms with Gasteiger partial charge in [-0.15, -0.1) is 0 Å². The molecule has 2 unspecified atom stereocenters. The van der Waals surface area contributed by atoms with Crippen molar-refractivity contribution in [1.82, 2.24) is 10.2 Å². The number of ether oxygens (including phenoxy) is 2. The molecule has 1 aromatic carbocycles. The molecule has 1 aromatic rings. The molecule has 1 heterocycles. The fourth-order valence-corrected chi connectivity index (χ4v) is 3.59. The van der Waals surface area contributed by atoms with Crippen LogP contribution in [0.15, 0.2) is 30.3 Å². The lowest BCUT2D eigenvalue weighted by Crippen LogP contribution is -2.51. The molecule has 2 amide bonds. The van der Waals surface area contributed by atoms with Gasteiger partial charge in [0.25, 0.3) is 0 Å². The Hall–Kier alpha value is -2.41. The number of hydrogen-bond donors (Lipinski definition) is 1. The number of imide groups is 1. The van der Waals surface area contributed by atoms with E-state index in [1.807, 2.05) is 30.3 Å². The molecule has 1 aliphatic rings. The quantitative estimate of drug-likeness (QED) is 0.708. The Kier molecular flexibility index (Phi) is 8.23. The molecule has 0 spiro atoms. The van der Waals surface area contributed by atoms with Crippen molar-refractivity contribution in [1.29, 1.82) is 0 Å². The normalized spacial score (nSPS) is 18.1. The van der Waals surface area contributed by atoms with Crippen LogP contribution in [0.4, 0.5) is 4.79 Å². The lowest BCUT2D eigenvalue weighted by Gasteiger charge is -2.34. The molecular formula is C24H36N2O5. The number of benzene rings is 1. The summed E-state index contributed by atoms with van der Waals surface area (Å²) in [6.07, 6.45) is 1.99. The maximum Gasteiger partial charge on any atom is 0.417 e. The van der Waals surface area contributed by atoms with Crippen LogP contribution in [0.3, 0.4) is 0 Å². The molecule has 2 rings (SSSR count). The van der Waals surface area contributed by atoms with E-state index in [1.165, 1.54) is 0 Å². The highest BCUT2D eigenvalue weighted by molar-refractivity contribution is 5.99. The monoisotopic (exact) mass is 432 g/mol. The fourth-order valence-electron chi connectivity index (χ4n) is 3.59. The van der Waals surface area contributed by atoms with E-state index in [4.69, 9.17) is 9.47 Å². The van der Waals surface area contributed by atoms with Gasteiger partial charge < -0.3 is 14.8 Å². The summed E-state index contributed by atoms with van der Waals surface area (Å²) in [5.74, 6) is -1.74. The van der Waals surface area contributed by atoms with Crippen LogP contribution in [0.5, 0.6) is 0 Å². The van der Waals surface area contributed by atoms with Gasteiger partial charge in [0.2, 0.25) is 5.91 Å². The van der Waals surface area contributed by atoms with Gasteiger partial charge in [-0.05, 0) is 66.5 Å². The van der Waals surface area contributed by atoms with Crippen molar-refractivity contribution in [3.8, 4) is 0 Å². The smallest absolute Gasteiger partial charge is 0.417 e. The molecular weight excluding hydrogens is 396 g/mol. The van der Waals surface area contributed by atoms with Crippen molar-refractivity contribution in [3.63, 3.8) is 0 Å². The van der Waals surface area contributed by atoms with E-state index in [-0.39, 0.29) is 6.04 Å². The van der Waals surface area contributed by atoms with Crippen molar-refractivity contribution >= 4 is 18.0 Å². The number of carbonyl (C=O) groups excluding carboxylic acids is 3. The number of rotatable bonds is 5. The van der Waals surface area contributed by atoms with Gasteiger partial charge in [0.05, 0.1) is 5.92 Å². The molecule has 0 saturated carbocycles. The Morgan fingerprint density at radius 2 is 1.61 bits per heavy atom. The van der Waals surface area contributed by atoms with Crippen LogP contribution in [-0.4, -0.2) is 53.2 Å². The Bertz CT molecular complexity index is 758. The number of carbonyl (C=O) groups is 3. The first-order chi connectivity index (χ1) is 14.4. The molecule has 0 aliphatic carbocycles.